The average Bonchev–Trinajstić information content (AvgIpc) is 2.88. The van der Waals surface area contributed by atoms with Crippen LogP contribution in [0.15, 0.2) is 12.4 Å². The van der Waals surface area contributed by atoms with E-state index >= 15 is 0 Å². The normalized spacial score (nSPS) is 17.7. The van der Waals surface area contributed by atoms with Gasteiger partial charge in [0.15, 0.2) is 11.6 Å². The molecule has 1 aliphatic carbocycles. The first-order valence-corrected chi connectivity index (χ1v) is 8.80. The number of nitrogens with one attached hydrogen (secondary N) is 2. The fraction of sp³-hybridized carbons (Fsp3) is 0.444. The summed E-state index contributed by atoms with van der Waals surface area (Å²) in [5.74, 6) is 1.65. The zero-order valence-electron chi connectivity index (χ0n) is 14.9. The molecule has 4 rings (SSSR count). The van der Waals surface area contributed by atoms with E-state index in [1.807, 2.05) is 13.0 Å². The van der Waals surface area contributed by atoms with Crippen LogP contribution in [0.25, 0.3) is 0 Å². The molecule has 1 amide bonds. The van der Waals surface area contributed by atoms with E-state index in [0.717, 1.165) is 36.9 Å². The monoisotopic (exact) mass is 354 g/mol. The molecule has 0 radical (unpaired) electrons. The van der Waals surface area contributed by atoms with Crippen molar-refractivity contribution in [3.8, 4) is 5.75 Å². The number of aryl methyl sites for hydroxylation is 1. The smallest absolute Gasteiger partial charge is 0.254 e. The molecule has 0 atom stereocenters. The highest BCUT2D eigenvalue weighted by atomic mass is 16.5. The molecular weight excluding hydrogens is 332 g/mol. The van der Waals surface area contributed by atoms with Gasteiger partial charge in [0, 0.05) is 0 Å². The number of hydrogen-bond acceptors (Lipinski definition) is 7. The number of nitrogen functional groups attached to an aromatic ring is 1. The Morgan fingerprint density at radius 3 is 2.77 bits per heavy atom. The summed E-state index contributed by atoms with van der Waals surface area (Å²) in [6, 6.07) is 1.85. The highest BCUT2D eigenvalue weighted by Crippen LogP contribution is 2.43. The molecule has 3 heterocycles. The number of anilines is 3. The maximum Gasteiger partial charge on any atom is 0.254 e. The number of fused-ring (bicyclic) bond motifs is 2. The van der Waals surface area contributed by atoms with Crippen LogP contribution in [0, 0.1) is 6.92 Å². The first kappa shape index (κ1) is 16.6. The number of carbonyl (C=O) groups is 1. The third-order valence-corrected chi connectivity index (χ3v) is 5.24. The third-order valence-electron chi connectivity index (χ3n) is 5.24. The molecule has 1 fully saturated rings. The highest BCUT2D eigenvalue weighted by molar-refractivity contribution is 6.01. The number of pyridine rings is 1. The number of nitrogens with zero attached hydrogens (tertiary/aromatic N) is 3. The van der Waals surface area contributed by atoms with E-state index in [1.54, 1.807) is 0 Å². The summed E-state index contributed by atoms with van der Waals surface area (Å²) in [6.45, 7) is 1.93. The van der Waals surface area contributed by atoms with Crippen molar-refractivity contribution in [1.82, 2.24) is 20.3 Å². The van der Waals surface area contributed by atoms with Gasteiger partial charge in [-0.2, -0.15) is 0 Å². The Bertz CT molecular complexity index is 876. The molecule has 2 aliphatic rings. The maximum absolute atomic E-state index is 12.5. The third kappa shape index (κ3) is 2.53. The number of amides is 1. The van der Waals surface area contributed by atoms with Crippen LogP contribution < -0.4 is 21.1 Å². The summed E-state index contributed by atoms with van der Waals surface area (Å²) in [7, 11) is 1.52. The number of nitrogens with two attached hydrogens (primary N) is 1. The molecule has 4 N–H and O–H groups in total. The maximum atomic E-state index is 12.5. The molecule has 8 nitrogen and oxygen atoms in total. The van der Waals surface area contributed by atoms with Gasteiger partial charge in [0.25, 0.3) is 5.91 Å². The van der Waals surface area contributed by atoms with Gasteiger partial charge in [-0.3, -0.25) is 4.79 Å². The van der Waals surface area contributed by atoms with Crippen LogP contribution in [0.4, 0.5) is 17.5 Å². The van der Waals surface area contributed by atoms with Gasteiger partial charge >= 0.3 is 0 Å². The van der Waals surface area contributed by atoms with Gasteiger partial charge in [-0.15, -0.1) is 0 Å². The average molecular weight is 354 g/mol. The van der Waals surface area contributed by atoms with Crippen LogP contribution in [0.1, 0.15) is 53.7 Å². The molecule has 0 saturated heterocycles. The molecule has 26 heavy (non-hydrogen) atoms. The molecule has 0 unspecified atom stereocenters. The molecule has 1 aliphatic heterocycles. The Morgan fingerprint density at radius 1 is 1.27 bits per heavy atom. The van der Waals surface area contributed by atoms with Gasteiger partial charge in [0.05, 0.1) is 23.9 Å². The standard InChI is InChI=1S/C18H22N6O2/c1-10-8-11(23-16-13(26-2)15(19)20-9-21-16)22-14-12(10)17(25)24-18(14)6-4-3-5-7-18/h8-9H,3-7H2,1-2H3,(H,24,25)(H3,19,20,21,22,23). The second-order valence-electron chi connectivity index (χ2n) is 6.91. The minimum Gasteiger partial charge on any atom is -0.490 e. The van der Waals surface area contributed by atoms with E-state index < -0.39 is 0 Å². The second-order valence-corrected chi connectivity index (χ2v) is 6.91. The topological polar surface area (TPSA) is 115 Å². The summed E-state index contributed by atoms with van der Waals surface area (Å²) in [4.78, 5) is 25.5. The molecule has 1 spiro atoms. The van der Waals surface area contributed by atoms with Crippen LogP contribution in [0.3, 0.4) is 0 Å². The predicted octanol–water partition coefficient (Wildman–Crippen LogP) is 2.42. The Morgan fingerprint density at radius 2 is 2.04 bits per heavy atom. The SMILES string of the molecule is COc1c(N)ncnc1Nc1cc(C)c2c(n1)C1(CCCCC1)NC2=O. The van der Waals surface area contributed by atoms with E-state index in [0.29, 0.717) is 22.9 Å². The lowest BCUT2D eigenvalue weighted by Crippen LogP contribution is -2.41. The first-order valence-electron chi connectivity index (χ1n) is 8.80. The van der Waals surface area contributed by atoms with Gasteiger partial charge < -0.3 is 21.1 Å². The van der Waals surface area contributed by atoms with Crippen molar-refractivity contribution in [1.29, 1.82) is 0 Å². The van der Waals surface area contributed by atoms with Gasteiger partial charge in [0.1, 0.15) is 12.1 Å². The van der Waals surface area contributed by atoms with Gasteiger partial charge in [-0.05, 0) is 31.4 Å². The van der Waals surface area contributed by atoms with Gasteiger partial charge in [-0.25, -0.2) is 15.0 Å². The van der Waals surface area contributed by atoms with Crippen LogP contribution in [-0.2, 0) is 5.54 Å². The molecule has 0 aromatic carbocycles. The number of carbonyl (C=O) groups excluding carboxylic acids is 1. The fourth-order valence-corrected chi connectivity index (χ4v) is 4.02. The van der Waals surface area contributed by atoms with Crippen molar-refractivity contribution in [2.45, 2.75) is 44.6 Å². The molecule has 136 valence electrons. The van der Waals surface area contributed by atoms with Crippen LogP contribution in [-0.4, -0.2) is 28.0 Å². The Kier molecular flexibility index (Phi) is 3.90. The minimum atomic E-state index is -0.345. The van der Waals surface area contributed by atoms with E-state index in [-0.39, 0.29) is 17.3 Å². The minimum absolute atomic E-state index is 0.0256. The first-order chi connectivity index (χ1) is 12.5. The molecule has 2 aromatic rings. The fourth-order valence-electron chi connectivity index (χ4n) is 4.02. The predicted molar refractivity (Wildman–Crippen MR) is 97.5 cm³/mol. The van der Waals surface area contributed by atoms with Crippen LogP contribution in [0.2, 0.25) is 0 Å². The molecule has 1 saturated carbocycles. The lowest BCUT2D eigenvalue weighted by Gasteiger charge is -2.33. The zero-order valence-corrected chi connectivity index (χ0v) is 14.9. The number of methoxy groups -OCH3 is 1. The zero-order chi connectivity index (χ0) is 18.3. The highest BCUT2D eigenvalue weighted by Gasteiger charge is 2.45. The molecule has 0 bridgehead atoms. The second kappa shape index (κ2) is 6.12. The van der Waals surface area contributed by atoms with Crippen LogP contribution in [0.5, 0.6) is 5.75 Å². The molecule has 8 heteroatoms. The van der Waals surface area contributed by atoms with Crippen molar-refractivity contribution < 1.29 is 9.53 Å². The van der Waals surface area contributed by atoms with Crippen LogP contribution >= 0.6 is 0 Å². The summed E-state index contributed by atoms with van der Waals surface area (Å²) < 4.78 is 5.29. The van der Waals surface area contributed by atoms with Crippen molar-refractivity contribution in [3.63, 3.8) is 0 Å². The van der Waals surface area contributed by atoms with E-state index in [2.05, 4.69) is 20.6 Å². The van der Waals surface area contributed by atoms with Crippen molar-refractivity contribution >= 4 is 23.4 Å². The number of rotatable bonds is 3. The number of aromatic nitrogens is 3. The van der Waals surface area contributed by atoms with Gasteiger partial charge in [0.2, 0.25) is 5.75 Å². The Labute approximate surface area is 151 Å². The summed E-state index contributed by atoms with van der Waals surface area (Å²) in [6.07, 6.45) is 6.59. The Hall–Kier alpha value is -2.90. The number of hydrogen-bond donors (Lipinski definition) is 3. The largest absolute Gasteiger partial charge is 0.490 e. The summed E-state index contributed by atoms with van der Waals surface area (Å²) in [5, 5.41) is 6.36. The molecular formula is C18H22N6O2. The lowest BCUT2D eigenvalue weighted by molar-refractivity contribution is 0.0908. The van der Waals surface area contributed by atoms with E-state index in [4.69, 9.17) is 15.5 Å². The quantitative estimate of drug-likeness (QED) is 0.775. The molecule has 2 aromatic heterocycles. The van der Waals surface area contributed by atoms with Gasteiger partial charge in [-0.1, -0.05) is 19.3 Å². The summed E-state index contributed by atoms with van der Waals surface area (Å²) >= 11 is 0. The van der Waals surface area contributed by atoms with Crippen molar-refractivity contribution in [2.24, 2.45) is 0 Å². The van der Waals surface area contributed by atoms with Crippen molar-refractivity contribution in [3.05, 3.63) is 29.2 Å². The van der Waals surface area contributed by atoms with E-state index in [9.17, 15) is 4.79 Å². The number of ether oxygens (including phenoxy) is 1. The lowest BCUT2D eigenvalue weighted by atomic mass is 9.79. The Balaban J connectivity index is 1.77. The summed E-state index contributed by atoms with van der Waals surface area (Å²) in [5.41, 5.74) is 7.93. The van der Waals surface area contributed by atoms with Crippen molar-refractivity contribution in [2.75, 3.05) is 18.2 Å². The van der Waals surface area contributed by atoms with E-state index in [1.165, 1.54) is 19.9 Å².